The molecule has 0 saturated heterocycles. The first kappa shape index (κ1) is 27.2. The quantitative estimate of drug-likeness (QED) is 0.136. The molecule has 30 heavy (non-hydrogen) atoms. The molecular weight excluding hydrogens is 404 g/mol. The molecule has 3 amide bonds. The molecule has 0 spiro atoms. The number of aliphatic carboxylic acids is 2. The number of carbonyl (C=O) groups is 5. The molecule has 4 unspecified atom stereocenters. The summed E-state index contributed by atoms with van der Waals surface area (Å²) in [6.07, 6.45) is -0.610. The normalized spacial score (nSPS) is 14.9. The number of carboxylic acids is 2. The summed E-state index contributed by atoms with van der Waals surface area (Å²) in [7, 11) is 0. The summed E-state index contributed by atoms with van der Waals surface area (Å²) >= 11 is 0. The van der Waals surface area contributed by atoms with Gasteiger partial charge in [0, 0.05) is 6.42 Å². The van der Waals surface area contributed by atoms with Crippen molar-refractivity contribution in [3.05, 3.63) is 0 Å². The molecule has 0 aromatic rings. The minimum atomic E-state index is -1.66. The number of nitrogens with one attached hydrogen (secondary N) is 3. The number of aliphatic hydroxyl groups is 2. The molecule has 0 saturated carbocycles. The van der Waals surface area contributed by atoms with E-state index in [4.69, 9.17) is 21.1 Å². The number of amides is 3. The van der Waals surface area contributed by atoms with Crippen LogP contribution in [0.1, 0.15) is 33.1 Å². The van der Waals surface area contributed by atoms with Crippen LogP contribution in [0.5, 0.6) is 0 Å². The van der Waals surface area contributed by atoms with E-state index in [1.807, 2.05) is 19.2 Å². The van der Waals surface area contributed by atoms with Crippen LogP contribution >= 0.6 is 0 Å². The van der Waals surface area contributed by atoms with Crippen molar-refractivity contribution in [1.29, 1.82) is 0 Å². The summed E-state index contributed by atoms with van der Waals surface area (Å²) in [5.41, 5.74) is 5.72. The Kier molecular flexibility index (Phi) is 12.2. The van der Waals surface area contributed by atoms with Crippen LogP contribution in [0.25, 0.3) is 0 Å². The van der Waals surface area contributed by atoms with Crippen molar-refractivity contribution < 1.29 is 44.4 Å². The van der Waals surface area contributed by atoms with E-state index in [-0.39, 0.29) is 5.92 Å². The van der Waals surface area contributed by atoms with E-state index in [0.717, 1.165) is 0 Å². The summed E-state index contributed by atoms with van der Waals surface area (Å²) < 4.78 is 0. The molecule has 4 atom stereocenters. The summed E-state index contributed by atoms with van der Waals surface area (Å²) in [6.45, 7) is 1.93. The van der Waals surface area contributed by atoms with E-state index in [2.05, 4.69) is 10.6 Å². The van der Waals surface area contributed by atoms with Gasteiger partial charge in [-0.1, -0.05) is 13.8 Å². The molecule has 13 heteroatoms. The van der Waals surface area contributed by atoms with Crippen molar-refractivity contribution in [2.75, 3.05) is 13.2 Å². The zero-order chi connectivity index (χ0) is 23.4. The molecule has 13 nitrogen and oxygen atoms in total. The lowest BCUT2D eigenvalue weighted by atomic mass is 10.0. The van der Waals surface area contributed by atoms with Gasteiger partial charge in [-0.15, -0.1) is 0 Å². The van der Waals surface area contributed by atoms with Gasteiger partial charge in [0.25, 0.3) is 0 Å². The number of aliphatic hydroxyl groups excluding tert-OH is 2. The number of nitrogens with two attached hydrogens (primary N) is 1. The highest BCUT2D eigenvalue weighted by molar-refractivity contribution is 5.94. The van der Waals surface area contributed by atoms with Crippen LogP contribution in [0, 0.1) is 5.92 Å². The van der Waals surface area contributed by atoms with Gasteiger partial charge in [0.05, 0.1) is 19.3 Å². The number of carboxylic acid groups (broad SMARTS) is 2. The smallest absolute Gasteiger partial charge is 0.328 e. The predicted molar refractivity (Wildman–Crippen MR) is 102 cm³/mol. The lowest BCUT2D eigenvalue weighted by Gasteiger charge is -2.24. The highest BCUT2D eigenvalue weighted by Crippen LogP contribution is 2.04. The van der Waals surface area contributed by atoms with Gasteiger partial charge in [-0.25, -0.2) is 4.79 Å². The minimum absolute atomic E-state index is 0.102. The third-order valence-corrected chi connectivity index (χ3v) is 3.95. The molecule has 0 aromatic carbocycles. The maximum Gasteiger partial charge on any atom is 0.328 e. The van der Waals surface area contributed by atoms with Crippen LogP contribution in [0.15, 0.2) is 0 Å². The average Bonchev–Trinajstić information content (AvgIpc) is 2.65. The van der Waals surface area contributed by atoms with Gasteiger partial charge in [0.1, 0.15) is 18.1 Å². The zero-order valence-electron chi connectivity index (χ0n) is 16.8. The molecule has 9 N–H and O–H groups in total. The van der Waals surface area contributed by atoms with Crippen molar-refractivity contribution in [2.45, 2.75) is 57.3 Å². The summed E-state index contributed by atoms with van der Waals surface area (Å²) in [5.74, 6) is -5.45. The van der Waals surface area contributed by atoms with Crippen LogP contribution in [0.4, 0.5) is 0 Å². The molecule has 0 rings (SSSR count). The average molecular weight is 434 g/mol. The monoisotopic (exact) mass is 434 g/mol. The van der Waals surface area contributed by atoms with Crippen LogP contribution in [-0.2, 0) is 24.0 Å². The largest absolute Gasteiger partial charge is 0.481 e. The molecular formula is C17H30N4O9. The zero-order valence-corrected chi connectivity index (χ0v) is 16.8. The minimum Gasteiger partial charge on any atom is -0.481 e. The van der Waals surface area contributed by atoms with Gasteiger partial charge in [-0.05, 0) is 18.8 Å². The Bertz CT molecular complexity index is 626. The van der Waals surface area contributed by atoms with Crippen molar-refractivity contribution in [3.8, 4) is 0 Å². The van der Waals surface area contributed by atoms with Crippen LogP contribution in [0.3, 0.4) is 0 Å². The van der Waals surface area contributed by atoms with E-state index in [1.165, 1.54) is 0 Å². The molecule has 0 aliphatic carbocycles. The Morgan fingerprint density at radius 3 is 1.70 bits per heavy atom. The van der Waals surface area contributed by atoms with E-state index < -0.39 is 79.9 Å². The SMILES string of the molecule is CC(C)CC(N)C(=O)NC(CO)C(=O)NC(CCC(=O)O)C(=O)NC(CO)C(=O)O. The Morgan fingerprint density at radius 1 is 0.800 bits per heavy atom. The highest BCUT2D eigenvalue weighted by Gasteiger charge is 2.30. The lowest BCUT2D eigenvalue weighted by Crippen LogP contribution is -2.58. The van der Waals surface area contributed by atoms with Crippen LogP contribution < -0.4 is 21.7 Å². The first-order valence-corrected chi connectivity index (χ1v) is 9.25. The molecule has 0 aromatic heterocycles. The van der Waals surface area contributed by atoms with Gasteiger partial charge >= 0.3 is 11.9 Å². The first-order chi connectivity index (χ1) is 13.9. The van der Waals surface area contributed by atoms with E-state index in [1.54, 1.807) is 0 Å². The highest BCUT2D eigenvalue weighted by atomic mass is 16.4. The molecule has 0 heterocycles. The number of rotatable bonds is 14. The van der Waals surface area contributed by atoms with Crippen LogP contribution in [-0.4, -0.2) is 87.5 Å². The fourth-order valence-electron chi connectivity index (χ4n) is 2.35. The second-order valence-corrected chi connectivity index (χ2v) is 7.06. The van der Waals surface area contributed by atoms with Gasteiger partial charge in [0.2, 0.25) is 17.7 Å². The molecule has 0 radical (unpaired) electrons. The van der Waals surface area contributed by atoms with E-state index in [9.17, 15) is 29.1 Å². The van der Waals surface area contributed by atoms with Gasteiger partial charge in [0.15, 0.2) is 0 Å². The third kappa shape index (κ3) is 10.1. The van der Waals surface area contributed by atoms with Gasteiger partial charge < -0.3 is 42.1 Å². The fourth-order valence-corrected chi connectivity index (χ4v) is 2.35. The molecule has 0 bridgehead atoms. The topological polar surface area (TPSA) is 228 Å². The Hall–Kier alpha value is -2.77. The Labute approximate surface area is 173 Å². The standard InChI is InChI=1S/C17H30N4O9/c1-8(2)5-9(18)14(26)20-11(6-22)16(28)19-10(3-4-13(24)25)15(27)21-12(7-23)17(29)30/h8-12,22-23H,3-7,18H2,1-2H3,(H,19,28)(H,20,26)(H,21,27)(H,24,25)(H,29,30). The third-order valence-electron chi connectivity index (χ3n) is 3.95. The number of hydrogen-bond donors (Lipinski definition) is 8. The summed E-state index contributed by atoms with van der Waals surface area (Å²) in [6, 6.07) is -5.55. The van der Waals surface area contributed by atoms with E-state index >= 15 is 0 Å². The second-order valence-electron chi connectivity index (χ2n) is 7.06. The summed E-state index contributed by atoms with van der Waals surface area (Å²) in [4.78, 5) is 58.5. The maximum atomic E-state index is 12.4. The Balaban J connectivity index is 5.21. The number of hydrogen-bond acceptors (Lipinski definition) is 8. The lowest BCUT2D eigenvalue weighted by molar-refractivity contribution is -0.144. The Morgan fingerprint density at radius 2 is 1.27 bits per heavy atom. The first-order valence-electron chi connectivity index (χ1n) is 9.25. The number of carbonyl (C=O) groups excluding carboxylic acids is 3. The second kappa shape index (κ2) is 13.5. The van der Waals surface area contributed by atoms with E-state index in [0.29, 0.717) is 6.42 Å². The molecule has 0 fully saturated rings. The van der Waals surface area contributed by atoms with Crippen molar-refractivity contribution in [2.24, 2.45) is 11.7 Å². The molecule has 0 aliphatic heterocycles. The summed E-state index contributed by atoms with van der Waals surface area (Å²) in [5, 5.41) is 42.5. The molecule has 0 aliphatic rings. The van der Waals surface area contributed by atoms with Gasteiger partial charge in [-0.3, -0.25) is 19.2 Å². The van der Waals surface area contributed by atoms with Crippen molar-refractivity contribution in [1.82, 2.24) is 16.0 Å². The van der Waals surface area contributed by atoms with Crippen LogP contribution in [0.2, 0.25) is 0 Å². The van der Waals surface area contributed by atoms with Crippen molar-refractivity contribution in [3.63, 3.8) is 0 Å². The van der Waals surface area contributed by atoms with Crippen molar-refractivity contribution >= 4 is 29.7 Å². The fraction of sp³-hybridized carbons (Fsp3) is 0.706. The van der Waals surface area contributed by atoms with Gasteiger partial charge in [-0.2, -0.15) is 0 Å². The molecule has 172 valence electrons. The predicted octanol–water partition coefficient (Wildman–Crippen LogP) is -3.25. The maximum absolute atomic E-state index is 12.4.